The molecule has 1 heterocycles. The first-order valence-electron chi connectivity index (χ1n) is 6.35. The number of carboxylic acids is 1. The molecule has 0 radical (unpaired) electrons. The number of benzene rings is 1. The number of hydrogen-bond acceptors (Lipinski definition) is 3. The van der Waals surface area contributed by atoms with Gasteiger partial charge in [0.2, 0.25) is 0 Å². The van der Waals surface area contributed by atoms with Crippen molar-refractivity contribution in [3.05, 3.63) is 23.8 Å². The lowest BCUT2D eigenvalue weighted by atomic mass is 9.94. The summed E-state index contributed by atoms with van der Waals surface area (Å²) < 4.78 is 0. The molecule has 0 atom stereocenters. The van der Waals surface area contributed by atoms with Gasteiger partial charge in [0.05, 0.1) is 16.8 Å². The van der Waals surface area contributed by atoms with Gasteiger partial charge in [0.15, 0.2) is 0 Å². The van der Waals surface area contributed by atoms with E-state index in [4.69, 9.17) is 0 Å². The van der Waals surface area contributed by atoms with E-state index in [-0.39, 0.29) is 0 Å². The second-order valence-electron chi connectivity index (χ2n) is 5.43. The maximum atomic E-state index is 11.4. The Kier molecular flexibility index (Phi) is 2.30. The molecule has 18 heavy (non-hydrogen) atoms. The molecule has 4 nitrogen and oxygen atoms in total. The highest BCUT2D eigenvalue weighted by atomic mass is 16.4. The quantitative estimate of drug-likeness (QED) is 0.862. The Hall–Kier alpha value is -1.71. The minimum Gasteiger partial charge on any atom is -0.481 e. The van der Waals surface area contributed by atoms with Crippen LogP contribution in [0.1, 0.15) is 18.4 Å². The van der Waals surface area contributed by atoms with Gasteiger partial charge in [-0.15, -0.1) is 0 Å². The van der Waals surface area contributed by atoms with E-state index in [9.17, 15) is 9.90 Å². The molecule has 1 fully saturated rings. The Morgan fingerprint density at radius 1 is 1.17 bits per heavy atom. The molecule has 96 valence electrons. The Labute approximate surface area is 107 Å². The number of hydrogen-bond donors (Lipinski definition) is 1. The standard InChI is InChI=1S/C14H18N2O2/c1-15-7-8-16(2)12-9-10(3-4-11(12)15)14(5-6-14)13(17)18/h3-4,9H,5-8H2,1-2H3,(H,17,18). The smallest absolute Gasteiger partial charge is 0.314 e. The van der Waals surface area contributed by atoms with Crippen molar-refractivity contribution in [3.8, 4) is 0 Å². The molecule has 0 unspecified atom stereocenters. The summed E-state index contributed by atoms with van der Waals surface area (Å²) in [4.78, 5) is 15.8. The highest BCUT2D eigenvalue weighted by Crippen LogP contribution is 2.50. The average Bonchev–Trinajstić information content (AvgIpc) is 3.15. The first-order chi connectivity index (χ1) is 8.54. The predicted octanol–water partition coefficient (Wildman–Crippen LogP) is 1.69. The Morgan fingerprint density at radius 3 is 2.33 bits per heavy atom. The number of rotatable bonds is 2. The van der Waals surface area contributed by atoms with Crippen LogP contribution in [0.3, 0.4) is 0 Å². The Bertz CT molecular complexity index is 509. The van der Waals surface area contributed by atoms with Crippen molar-refractivity contribution in [2.75, 3.05) is 37.0 Å². The number of aliphatic carboxylic acids is 1. The lowest BCUT2D eigenvalue weighted by Crippen LogP contribution is -2.37. The van der Waals surface area contributed by atoms with E-state index in [0.29, 0.717) is 0 Å². The first-order valence-corrected chi connectivity index (χ1v) is 6.35. The van der Waals surface area contributed by atoms with Crippen molar-refractivity contribution in [1.82, 2.24) is 0 Å². The lowest BCUT2D eigenvalue weighted by molar-refractivity contribution is -0.140. The summed E-state index contributed by atoms with van der Waals surface area (Å²) in [5.41, 5.74) is 2.68. The summed E-state index contributed by atoms with van der Waals surface area (Å²) >= 11 is 0. The average molecular weight is 246 g/mol. The van der Waals surface area contributed by atoms with Gasteiger partial charge in [-0.1, -0.05) is 6.07 Å². The molecule has 1 aliphatic heterocycles. The summed E-state index contributed by atoms with van der Waals surface area (Å²) in [6.07, 6.45) is 1.53. The van der Waals surface area contributed by atoms with E-state index in [2.05, 4.69) is 36.0 Å². The zero-order valence-corrected chi connectivity index (χ0v) is 10.8. The van der Waals surface area contributed by atoms with Gasteiger partial charge in [-0.25, -0.2) is 0 Å². The van der Waals surface area contributed by atoms with Gasteiger partial charge in [0.1, 0.15) is 0 Å². The summed E-state index contributed by atoms with van der Waals surface area (Å²) in [5.74, 6) is -0.686. The molecular formula is C14H18N2O2. The fourth-order valence-electron chi connectivity index (χ4n) is 2.74. The van der Waals surface area contributed by atoms with Gasteiger partial charge < -0.3 is 14.9 Å². The normalized spacial score (nSPS) is 20.6. The zero-order chi connectivity index (χ0) is 12.9. The van der Waals surface area contributed by atoms with Crippen LogP contribution in [0.2, 0.25) is 0 Å². The van der Waals surface area contributed by atoms with Crippen molar-refractivity contribution >= 4 is 17.3 Å². The summed E-state index contributed by atoms with van der Waals surface area (Å²) in [7, 11) is 4.14. The molecule has 1 saturated carbocycles. The summed E-state index contributed by atoms with van der Waals surface area (Å²) in [6, 6.07) is 6.10. The number of fused-ring (bicyclic) bond motifs is 1. The first kappa shape index (κ1) is 11.4. The Balaban J connectivity index is 2.06. The van der Waals surface area contributed by atoms with E-state index < -0.39 is 11.4 Å². The van der Waals surface area contributed by atoms with Crippen molar-refractivity contribution in [3.63, 3.8) is 0 Å². The largest absolute Gasteiger partial charge is 0.481 e. The van der Waals surface area contributed by atoms with Crippen LogP contribution in [0.25, 0.3) is 0 Å². The van der Waals surface area contributed by atoms with Crippen LogP contribution in [-0.2, 0) is 10.2 Å². The van der Waals surface area contributed by atoms with Crippen molar-refractivity contribution in [2.45, 2.75) is 18.3 Å². The molecule has 0 amide bonds. The third kappa shape index (κ3) is 1.48. The molecule has 4 heteroatoms. The number of anilines is 2. The second-order valence-corrected chi connectivity index (χ2v) is 5.43. The van der Waals surface area contributed by atoms with Crippen LogP contribution in [0.15, 0.2) is 18.2 Å². The van der Waals surface area contributed by atoms with Crippen LogP contribution in [0.4, 0.5) is 11.4 Å². The van der Waals surface area contributed by atoms with Crippen LogP contribution in [0.5, 0.6) is 0 Å². The molecule has 0 spiro atoms. The molecule has 0 saturated heterocycles. The van der Waals surface area contributed by atoms with Gasteiger partial charge in [0, 0.05) is 27.2 Å². The maximum absolute atomic E-state index is 11.4. The number of likely N-dealkylation sites (N-methyl/N-ethyl adjacent to an activating group) is 2. The molecule has 3 rings (SSSR count). The maximum Gasteiger partial charge on any atom is 0.314 e. The van der Waals surface area contributed by atoms with Crippen LogP contribution >= 0.6 is 0 Å². The molecule has 1 N–H and O–H groups in total. The zero-order valence-electron chi connectivity index (χ0n) is 10.8. The van der Waals surface area contributed by atoms with Gasteiger partial charge >= 0.3 is 5.97 Å². The third-order valence-corrected chi connectivity index (χ3v) is 4.28. The van der Waals surface area contributed by atoms with Crippen molar-refractivity contribution in [2.24, 2.45) is 0 Å². The van der Waals surface area contributed by atoms with E-state index in [0.717, 1.165) is 37.2 Å². The van der Waals surface area contributed by atoms with E-state index in [1.54, 1.807) is 0 Å². The van der Waals surface area contributed by atoms with Crippen LogP contribution in [0, 0.1) is 0 Å². The third-order valence-electron chi connectivity index (χ3n) is 4.28. The van der Waals surface area contributed by atoms with Gasteiger partial charge in [-0.05, 0) is 30.5 Å². The predicted molar refractivity (Wildman–Crippen MR) is 71.5 cm³/mol. The van der Waals surface area contributed by atoms with E-state index >= 15 is 0 Å². The molecule has 1 aromatic rings. The highest BCUT2D eigenvalue weighted by molar-refractivity contribution is 5.86. The van der Waals surface area contributed by atoms with Gasteiger partial charge in [0.25, 0.3) is 0 Å². The van der Waals surface area contributed by atoms with Crippen LogP contribution < -0.4 is 9.80 Å². The minimum atomic E-state index is -0.686. The second kappa shape index (κ2) is 3.64. The van der Waals surface area contributed by atoms with Gasteiger partial charge in [-0.3, -0.25) is 4.79 Å². The minimum absolute atomic E-state index is 0.605. The van der Waals surface area contributed by atoms with E-state index in [1.165, 1.54) is 5.69 Å². The highest BCUT2D eigenvalue weighted by Gasteiger charge is 2.52. The molecule has 1 aliphatic carbocycles. The monoisotopic (exact) mass is 246 g/mol. The number of nitrogens with zero attached hydrogens (tertiary/aromatic N) is 2. The molecule has 1 aromatic carbocycles. The molecule has 0 aromatic heterocycles. The van der Waals surface area contributed by atoms with Crippen molar-refractivity contribution in [1.29, 1.82) is 0 Å². The molecule has 2 aliphatic rings. The lowest BCUT2D eigenvalue weighted by Gasteiger charge is -2.35. The molecular weight excluding hydrogens is 228 g/mol. The fraction of sp³-hybridized carbons (Fsp3) is 0.500. The number of carbonyl (C=O) groups is 1. The van der Waals surface area contributed by atoms with Crippen LogP contribution in [-0.4, -0.2) is 38.3 Å². The topological polar surface area (TPSA) is 43.8 Å². The van der Waals surface area contributed by atoms with E-state index in [1.807, 2.05) is 6.07 Å². The number of carboxylic acid groups (broad SMARTS) is 1. The fourth-order valence-corrected chi connectivity index (χ4v) is 2.74. The van der Waals surface area contributed by atoms with Gasteiger partial charge in [-0.2, -0.15) is 0 Å². The molecule has 0 bridgehead atoms. The Morgan fingerprint density at radius 2 is 1.78 bits per heavy atom. The summed E-state index contributed by atoms with van der Waals surface area (Å²) in [6.45, 7) is 1.99. The summed E-state index contributed by atoms with van der Waals surface area (Å²) in [5, 5.41) is 9.36. The SMILES string of the molecule is CN1CCN(C)c2cc(C3(C(=O)O)CC3)ccc21. The van der Waals surface area contributed by atoms with Crippen molar-refractivity contribution < 1.29 is 9.90 Å².